The second-order valence-electron chi connectivity index (χ2n) is 2.21. The van der Waals surface area contributed by atoms with Gasteiger partial charge < -0.3 is 4.42 Å². The molecule has 0 saturated carbocycles. The fraction of sp³-hybridized carbons (Fsp3) is 0. The van der Waals surface area contributed by atoms with Crippen LogP contribution in [0.1, 0.15) is 0 Å². The highest BCUT2D eigenvalue weighted by atomic mass is 31.1. The van der Waals surface area contributed by atoms with Crippen molar-refractivity contribution in [1.82, 2.24) is 0 Å². The predicted molar refractivity (Wildman–Crippen MR) is 43.5 cm³/mol. The highest BCUT2D eigenvalue weighted by Crippen LogP contribution is 2.15. The van der Waals surface area contributed by atoms with Gasteiger partial charge in [0, 0.05) is 5.39 Å². The van der Waals surface area contributed by atoms with Gasteiger partial charge in [0.05, 0.1) is 5.30 Å². The largest absolute Gasteiger partial charge is 0.463 e. The zero-order valence-corrected chi connectivity index (χ0v) is 6.54. The number of benzene rings is 1. The molecule has 0 spiro atoms. The Kier molecular flexibility index (Phi) is 1.48. The van der Waals surface area contributed by atoms with Crippen LogP contribution in [-0.4, -0.2) is 0 Å². The Morgan fingerprint density at radius 1 is 1.27 bits per heavy atom. The SMILES string of the molecule is O=Pc1coc2ccccc12. The number of fused-ring (bicyclic) bond motifs is 1. The average Bonchev–Trinajstić information content (AvgIpc) is 2.47. The first-order valence-electron chi connectivity index (χ1n) is 3.21. The van der Waals surface area contributed by atoms with E-state index in [4.69, 9.17) is 4.42 Å². The van der Waals surface area contributed by atoms with Gasteiger partial charge in [0.25, 0.3) is 0 Å². The average molecular weight is 164 g/mol. The first-order valence-corrected chi connectivity index (χ1v) is 4.02. The van der Waals surface area contributed by atoms with E-state index in [1.165, 1.54) is 6.26 Å². The number of furan rings is 1. The molecule has 0 bridgehead atoms. The highest BCUT2D eigenvalue weighted by molar-refractivity contribution is 7.34. The molecule has 0 unspecified atom stereocenters. The van der Waals surface area contributed by atoms with Crippen LogP contribution in [-0.2, 0) is 4.57 Å². The first-order chi connectivity index (χ1) is 5.42. The summed E-state index contributed by atoms with van der Waals surface area (Å²) >= 11 is 0. The van der Waals surface area contributed by atoms with E-state index in [-0.39, 0.29) is 8.46 Å². The Balaban J connectivity index is 2.86. The fourth-order valence-corrected chi connectivity index (χ4v) is 1.41. The van der Waals surface area contributed by atoms with E-state index in [1.807, 2.05) is 24.3 Å². The monoisotopic (exact) mass is 164 g/mol. The van der Waals surface area contributed by atoms with E-state index >= 15 is 0 Å². The number of para-hydroxylation sites is 1. The van der Waals surface area contributed by atoms with Crippen molar-refractivity contribution in [2.75, 3.05) is 0 Å². The van der Waals surface area contributed by atoms with E-state index in [9.17, 15) is 4.57 Å². The van der Waals surface area contributed by atoms with Crippen LogP contribution in [0.2, 0.25) is 0 Å². The van der Waals surface area contributed by atoms with E-state index in [0.717, 1.165) is 11.0 Å². The summed E-state index contributed by atoms with van der Waals surface area (Å²) in [5.74, 6) is 0. The summed E-state index contributed by atoms with van der Waals surface area (Å²) in [6, 6.07) is 7.52. The van der Waals surface area contributed by atoms with Crippen LogP contribution in [0.4, 0.5) is 0 Å². The second-order valence-corrected chi connectivity index (χ2v) is 2.87. The van der Waals surface area contributed by atoms with Crippen molar-refractivity contribution in [3.8, 4) is 0 Å². The van der Waals surface area contributed by atoms with Crippen molar-refractivity contribution < 1.29 is 8.98 Å². The molecule has 2 aromatic rings. The molecular weight excluding hydrogens is 159 g/mol. The van der Waals surface area contributed by atoms with Crippen LogP contribution >= 0.6 is 8.46 Å². The third kappa shape index (κ3) is 0.958. The lowest BCUT2D eigenvalue weighted by molar-refractivity contribution is 0.601. The molecule has 0 fully saturated rings. The van der Waals surface area contributed by atoms with Crippen molar-refractivity contribution in [2.45, 2.75) is 0 Å². The normalized spacial score (nSPS) is 10.9. The van der Waals surface area contributed by atoms with Crippen molar-refractivity contribution in [1.29, 1.82) is 0 Å². The Morgan fingerprint density at radius 2 is 2.09 bits per heavy atom. The first kappa shape index (κ1) is 6.56. The van der Waals surface area contributed by atoms with E-state index < -0.39 is 0 Å². The van der Waals surface area contributed by atoms with Crippen LogP contribution in [0.3, 0.4) is 0 Å². The van der Waals surface area contributed by atoms with Gasteiger partial charge in [0.2, 0.25) is 0 Å². The summed E-state index contributed by atoms with van der Waals surface area (Å²) in [5.41, 5.74) is 0.783. The highest BCUT2D eigenvalue weighted by Gasteiger charge is 2.02. The molecule has 0 aliphatic carbocycles. The smallest absolute Gasteiger partial charge is 0.196 e. The zero-order valence-electron chi connectivity index (χ0n) is 5.65. The summed E-state index contributed by atoms with van der Waals surface area (Å²) in [4.78, 5) is 0. The quantitative estimate of drug-likeness (QED) is 0.605. The molecule has 54 valence electrons. The van der Waals surface area contributed by atoms with Crippen LogP contribution in [0.15, 0.2) is 34.9 Å². The molecule has 1 aromatic carbocycles. The topological polar surface area (TPSA) is 30.2 Å². The van der Waals surface area contributed by atoms with Crippen molar-refractivity contribution in [3.05, 3.63) is 30.5 Å². The number of hydrogen-bond acceptors (Lipinski definition) is 2. The molecule has 3 heteroatoms. The summed E-state index contributed by atoms with van der Waals surface area (Å²) < 4.78 is 15.7. The second kappa shape index (κ2) is 2.48. The van der Waals surface area contributed by atoms with Gasteiger partial charge in [-0.2, -0.15) is 0 Å². The molecule has 1 heterocycles. The molecule has 2 nitrogen and oxygen atoms in total. The summed E-state index contributed by atoms with van der Waals surface area (Å²) in [5, 5.41) is 1.63. The lowest BCUT2D eigenvalue weighted by atomic mass is 10.3. The molecule has 0 atom stereocenters. The number of hydrogen-bond donors (Lipinski definition) is 0. The fourth-order valence-electron chi connectivity index (χ4n) is 1.03. The van der Waals surface area contributed by atoms with Gasteiger partial charge in [-0.05, 0) is 6.07 Å². The van der Waals surface area contributed by atoms with Crippen LogP contribution < -0.4 is 5.30 Å². The van der Waals surface area contributed by atoms with Crippen LogP contribution in [0.5, 0.6) is 0 Å². The third-order valence-electron chi connectivity index (χ3n) is 1.56. The van der Waals surface area contributed by atoms with Crippen molar-refractivity contribution in [2.24, 2.45) is 0 Å². The Labute approximate surface area is 65.0 Å². The summed E-state index contributed by atoms with van der Waals surface area (Å²) in [7, 11) is 0.0129. The van der Waals surface area contributed by atoms with E-state index in [1.54, 1.807) is 0 Å². The van der Waals surface area contributed by atoms with E-state index in [2.05, 4.69) is 0 Å². The van der Waals surface area contributed by atoms with Crippen LogP contribution in [0.25, 0.3) is 11.0 Å². The van der Waals surface area contributed by atoms with Gasteiger partial charge in [-0.25, -0.2) is 0 Å². The van der Waals surface area contributed by atoms with Gasteiger partial charge >= 0.3 is 0 Å². The third-order valence-corrected chi connectivity index (χ3v) is 2.10. The standard InChI is InChI=1S/C8H5O2P/c9-11-8-5-10-7-4-2-1-3-6(7)8/h1-5H. The number of rotatable bonds is 1. The molecule has 0 N–H and O–H groups in total. The predicted octanol–water partition coefficient (Wildman–Crippen LogP) is 2.35. The lowest BCUT2D eigenvalue weighted by Gasteiger charge is -1.83. The van der Waals surface area contributed by atoms with Gasteiger partial charge in [-0.3, -0.25) is 4.57 Å². The van der Waals surface area contributed by atoms with Gasteiger partial charge in [0.1, 0.15) is 11.8 Å². The molecule has 0 aliphatic heterocycles. The molecule has 0 saturated heterocycles. The van der Waals surface area contributed by atoms with Gasteiger partial charge in [-0.1, -0.05) is 18.2 Å². The molecule has 1 aromatic heterocycles. The van der Waals surface area contributed by atoms with Crippen molar-refractivity contribution in [3.63, 3.8) is 0 Å². The Bertz CT molecular complexity index is 392. The molecule has 11 heavy (non-hydrogen) atoms. The van der Waals surface area contributed by atoms with Crippen molar-refractivity contribution >= 4 is 24.7 Å². The van der Waals surface area contributed by atoms with E-state index in [0.29, 0.717) is 5.30 Å². The summed E-state index contributed by atoms with van der Waals surface area (Å²) in [6.45, 7) is 0. The maximum absolute atomic E-state index is 10.5. The molecule has 0 aliphatic rings. The maximum Gasteiger partial charge on any atom is 0.196 e. The maximum atomic E-state index is 10.5. The van der Waals surface area contributed by atoms with Crippen LogP contribution in [0, 0.1) is 0 Å². The Hall–Kier alpha value is -1.14. The van der Waals surface area contributed by atoms with Gasteiger partial charge in [0.15, 0.2) is 8.46 Å². The lowest BCUT2D eigenvalue weighted by Crippen LogP contribution is -1.83. The minimum atomic E-state index is 0.0129. The minimum Gasteiger partial charge on any atom is -0.463 e. The zero-order chi connectivity index (χ0) is 7.68. The molecular formula is C8H5O2P. The minimum absolute atomic E-state index is 0.0129. The molecule has 0 amide bonds. The van der Waals surface area contributed by atoms with Gasteiger partial charge in [-0.15, -0.1) is 0 Å². The molecule has 0 radical (unpaired) electrons. The Morgan fingerprint density at radius 3 is 2.91 bits per heavy atom. The summed E-state index contributed by atoms with van der Waals surface area (Å²) in [6.07, 6.45) is 1.51. The molecule has 2 rings (SSSR count).